The van der Waals surface area contributed by atoms with Gasteiger partial charge < -0.3 is 15.1 Å². The highest BCUT2D eigenvalue weighted by Crippen LogP contribution is 2.24. The molecular weight excluding hydrogens is 228 g/mol. The normalized spacial score (nSPS) is 23.9. The number of furan rings is 1. The molecule has 0 aromatic carbocycles. The maximum absolute atomic E-state index is 12.4. The Morgan fingerprint density at radius 3 is 2.61 bits per heavy atom. The fraction of sp³-hybridized carbons (Fsp3) is 0.643. The van der Waals surface area contributed by atoms with E-state index in [0.717, 1.165) is 37.8 Å². The van der Waals surface area contributed by atoms with Crippen molar-refractivity contribution in [1.82, 2.24) is 4.90 Å². The molecule has 2 rings (SSSR count). The van der Waals surface area contributed by atoms with Crippen molar-refractivity contribution in [3.63, 3.8) is 0 Å². The average Bonchev–Trinajstić information content (AvgIpc) is 2.78. The van der Waals surface area contributed by atoms with Crippen molar-refractivity contribution in [2.45, 2.75) is 51.6 Å². The Morgan fingerprint density at radius 1 is 1.44 bits per heavy atom. The molecule has 0 radical (unpaired) electrons. The highest BCUT2D eigenvalue weighted by molar-refractivity contribution is 5.93. The number of nitrogens with zero attached hydrogens (tertiary/aromatic N) is 1. The minimum Gasteiger partial charge on any atom is -0.459 e. The van der Waals surface area contributed by atoms with Crippen LogP contribution in [0.2, 0.25) is 0 Å². The van der Waals surface area contributed by atoms with E-state index in [0.29, 0.717) is 17.8 Å². The van der Waals surface area contributed by atoms with Crippen molar-refractivity contribution in [1.29, 1.82) is 0 Å². The summed E-state index contributed by atoms with van der Waals surface area (Å²) in [6.07, 6.45) is 5.59. The summed E-state index contributed by atoms with van der Waals surface area (Å²) in [6.45, 7) is 4.64. The van der Waals surface area contributed by atoms with Gasteiger partial charge in [-0.25, -0.2) is 0 Å². The number of nitrogens with two attached hydrogens (primary N) is 1. The smallest absolute Gasteiger partial charge is 0.290 e. The van der Waals surface area contributed by atoms with Crippen LogP contribution in [0.3, 0.4) is 0 Å². The Kier molecular flexibility index (Phi) is 4.07. The van der Waals surface area contributed by atoms with Crippen LogP contribution >= 0.6 is 0 Å². The Morgan fingerprint density at radius 2 is 2.11 bits per heavy atom. The van der Waals surface area contributed by atoms with E-state index in [2.05, 4.69) is 0 Å². The van der Waals surface area contributed by atoms with Crippen LogP contribution in [0.15, 0.2) is 16.7 Å². The van der Waals surface area contributed by atoms with E-state index in [9.17, 15) is 4.79 Å². The van der Waals surface area contributed by atoms with E-state index in [-0.39, 0.29) is 5.91 Å². The van der Waals surface area contributed by atoms with E-state index in [1.54, 1.807) is 6.26 Å². The highest BCUT2D eigenvalue weighted by Gasteiger charge is 2.29. The van der Waals surface area contributed by atoms with Gasteiger partial charge in [0.1, 0.15) is 0 Å². The Hall–Kier alpha value is -1.29. The lowest BCUT2D eigenvalue weighted by Crippen LogP contribution is -2.44. The van der Waals surface area contributed by atoms with Gasteiger partial charge in [0.25, 0.3) is 5.91 Å². The van der Waals surface area contributed by atoms with Crippen molar-refractivity contribution >= 4 is 5.91 Å². The van der Waals surface area contributed by atoms with Gasteiger partial charge in [-0.15, -0.1) is 0 Å². The Labute approximate surface area is 108 Å². The summed E-state index contributed by atoms with van der Waals surface area (Å²) in [5.41, 5.74) is 6.82. The van der Waals surface area contributed by atoms with Crippen LogP contribution in [0.1, 0.15) is 48.7 Å². The molecule has 0 spiro atoms. The number of carbonyl (C=O) groups excluding carboxylic acids is 1. The third-order valence-corrected chi connectivity index (χ3v) is 3.84. The highest BCUT2D eigenvalue weighted by atomic mass is 16.3. The van der Waals surface area contributed by atoms with Crippen LogP contribution in [-0.4, -0.2) is 29.4 Å². The summed E-state index contributed by atoms with van der Waals surface area (Å²) >= 11 is 0. The minimum absolute atomic E-state index is 0.0143. The van der Waals surface area contributed by atoms with Gasteiger partial charge in [0.2, 0.25) is 0 Å². The van der Waals surface area contributed by atoms with Crippen molar-refractivity contribution in [3.05, 3.63) is 23.7 Å². The molecule has 0 bridgehead atoms. The molecular formula is C14H22N2O2. The fourth-order valence-electron chi connectivity index (χ4n) is 2.70. The number of hydrogen-bond donors (Lipinski definition) is 1. The molecule has 1 fully saturated rings. The maximum atomic E-state index is 12.4. The molecule has 1 amide bonds. The summed E-state index contributed by atoms with van der Waals surface area (Å²) in [7, 11) is 0. The molecule has 1 aliphatic rings. The lowest BCUT2D eigenvalue weighted by molar-refractivity contribution is 0.0607. The first-order valence-electron chi connectivity index (χ1n) is 6.74. The van der Waals surface area contributed by atoms with Crippen molar-refractivity contribution in [2.24, 2.45) is 5.73 Å². The van der Waals surface area contributed by atoms with Crippen LogP contribution in [0.5, 0.6) is 0 Å². The zero-order chi connectivity index (χ0) is 13.1. The van der Waals surface area contributed by atoms with E-state index >= 15 is 0 Å². The number of amides is 1. The molecule has 4 heteroatoms. The first kappa shape index (κ1) is 13.1. The van der Waals surface area contributed by atoms with Crippen molar-refractivity contribution in [2.75, 3.05) is 6.54 Å². The molecule has 1 heterocycles. The topological polar surface area (TPSA) is 59.5 Å². The van der Waals surface area contributed by atoms with E-state index < -0.39 is 0 Å². The maximum Gasteiger partial charge on any atom is 0.290 e. The summed E-state index contributed by atoms with van der Waals surface area (Å²) in [5, 5.41) is 0. The fourth-order valence-corrected chi connectivity index (χ4v) is 2.70. The monoisotopic (exact) mass is 250 g/mol. The third kappa shape index (κ3) is 2.58. The number of rotatable bonds is 3. The number of carbonyl (C=O) groups is 1. The second-order valence-electron chi connectivity index (χ2n) is 5.09. The molecule has 18 heavy (non-hydrogen) atoms. The molecule has 0 aliphatic heterocycles. The first-order chi connectivity index (χ1) is 8.63. The van der Waals surface area contributed by atoms with Gasteiger partial charge in [-0.3, -0.25) is 4.79 Å². The predicted molar refractivity (Wildman–Crippen MR) is 70.4 cm³/mol. The molecule has 4 nitrogen and oxygen atoms in total. The third-order valence-electron chi connectivity index (χ3n) is 3.84. The van der Waals surface area contributed by atoms with Crippen molar-refractivity contribution < 1.29 is 9.21 Å². The van der Waals surface area contributed by atoms with E-state index in [4.69, 9.17) is 10.2 Å². The molecule has 1 aromatic rings. The summed E-state index contributed by atoms with van der Waals surface area (Å²) in [5.74, 6) is 0.493. The van der Waals surface area contributed by atoms with Crippen LogP contribution in [0, 0.1) is 6.92 Å². The Balaban J connectivity index is 2.09. The van der Waals surface area contributed by atoms with Gasteiger partial charge in [-0.05, 0) is 45.6 Å². The number of aryl methyl sites for hydroxylation is 1. The molecule has 2 N–H and O–H groups in total. The second kappa shape index (κ2) is 5.57. The van der Waals surface area contributed by atoms with Gasteiger partial charge in [0.05, 0.1) is 6.26 Å². The predicted octanol–water partition coefficient (Wildman–Crippen LogP) is 2.32. The molecule has 100 valence electrons. The average molecular weight is 250 g/mol. The SMILES string of the molecule is CCN(C(=O)c1occc1C)C1CCC(N)CC1. The molecule has 0 saturated heterocycles. The summed E-state index contributed by atoms with van der Waals surface area (Å²) < 4.78 is 5.30. The largest absolute Gasteiger partial charge is 0.459 e. The van der Waals surface area contributed by atoms with Crippen LogP contribution < -0.4 is 5.73 Å². The zero-order valence-electron chi connectivity index (χ0n) is 11.2. The quantitative estimate of drug-likeness (QED) is 0.895. The van der Waals surface area contributed by atoms with Crippen LogP contribution in [-0.2, 0) is 0 Å². The minimum atomic E-state index is 0.0143. The van der Waals surface area contributed by atoms with Gasteiger partial charge in [-0.1, -0.05) is 0 Å². The molecule has 1 aromatic heterocycles. The van der Waals surface area contributed by atoms with E-state index in [1.165, 1.54) is 0 Å². The molecule has 0 unspecified atom stereocenters. The molecule has 1 saturated carbocycles. The standard InChI is InChI=1S/C14H22N2O2/c1-3-16(12-6-4-11(15)5-7-12)14(17)13-10(2)8-9-18-13/h8-9,11-12H,3-7,15H2,1-2H3. The second-order valence-corrected chi connectivity index (χ2v) is 5.09. The van der Waals surface area contributed by atoms with Gasteiger partial charge in [0, 0.05) is 24.2 Å². The van der Waals surface area contributed by atoms with Crippen molar-refractivity contribution in [3.8, 4) is 0 Å². The Bertz CT molecular complexity index is 406. The zero-order valence-corrected chi connectivity index (χ0v) is 11.2. The van der Waals surface area contributed by atoms with Crippen LogP contribution in [0.25, 0.3) is 0 Å². The van der Waals surface area contributed by atoms with Gasteiger partial charge >= 0.3 is 0 Å². The van der Waals surface area contributed by atoms with Crippen LogP contribution in [0.4, 0.5) is 0 Å². The lowest BCUT2D eigenvalue weighted by Gasteiger charge is -2.35. The summed E-state index contributed by atoms with van der Waals surface area (Å²) in [6, 6.07) is 2.45. The molecule has 0 atom stereocenters. The first-order valence-corrected chi connectivity index (χ1v) is 6.74. The lowest BCUT2D eigenvalue weighted by atomic mass is 9.90. The van der Waals surface area contributed by atoms with E-state index in [1.807, 2.05) is 24.8 Å². The van der Waals surface area contributed by atoms with Gasteiger partial charge in [0.15, 0.2) is 5.76 Å². The number of hydrogen-bond acceptors (Lipinski definition) is 3. The molecule has 1 aliphatic carbocycles. The summed E-state index contributed by atoms with van der Waals surface area (Å²) in [4.78, 5) is 14.4. The van der Waals surface area contributed by atoms with Gasteiger partial charge in [-0.2, -0.15) is 0 Å².